The summed E-state index contributed by atoms with van der Waals surface area (Å²) in [6.07, 6.45) is 0. The van der Waals surface area contributed by atoms with Crippen LogP contribution in [0.4, 0.5) is 0 Å². The molecule has 90 valence electrons. The first-order valence-electron chi connectivity index (χ1n) is 6.58. The topological polar surface area (TPSA) is 0 Å². The van der Waals surface area contributed by atoms with Gasteiger partial charge in [0, 0.05) is 0 Å². The first-order valence-corrected chi connectivity index (χ1v) is 6.58. The maximum atomic E-state index is 4.11. The Morgan fingerprint density at radius 1 is 0.737 bits per heavy atom. The smallest absolute Gasteiger partial charge is 0.00207 e. The third-order valence-corrected chi connectivity index (χ3v) is 3.99. The van der Waals surface area contributed by atoms with Crippen molar-refractivity contribution in [2.45, 2.75) is 6.92 Å². The fourth-order valence-electron chi connectivity index (χ4n) is 3.11. The van der Waals surface area contributed by atoms with Crippen LogP contribution >= 0.6 is 0 Å². The summed E-state index contributed by atoms with van der Waals surface area (Å²) in [6, 6.07) is 19.8. The molecule has 0 saturated heterocycles. The molecule has 4 rings (SSSR count). The Morgan fingerprint density at radius 2 is 1.32 bits per heavy atom. The van der Waals surface area contributed by atoms with E-state index in [9.17, 15) is 0 Å². The summed E-state index contributed by atoms with van der Waals surface area (Å²) < 4.78 is 0. The van der Waals surface area contributed by atoms with Gasteiger partial charge in [-0.15, -0.1) is 0 Å². The van der Waals surface area contributed by atoms with Crippen molar-refractivity contribution in [2.24, 2.45) is 0 Å². The van der Waals surface area contributed by atoms with Gasteiger partial charge in [-0.2, -0.15) is 0 Å². The first-order chi connectivity index (χ1) is 9.25. The van der Waals surface area contributed by atoms with E-state index in [4.69, 9.17) is 0 Å². The molecule has 0 heteroatoms. The Bertz CT molecular complexity index is 913. The maximum absolute atomic E-state index is 4.11. The van der Waals surface area contributed by atoms with Crippen molar-refractivity contribution in [1.82, 2.24) is 0 Å². The quantitative estimate of drug-likeness (QED) is 0.380. The third-order valence-electron chi connectivity index (χ3n) is 3.99. The van der Waals surface area contributed by atoms with Crippen LogP contribution in [0.25, 0.3) is 37.9 Å². The fraction of sp³-hybridized carbons (Fsp3) is 0.0526. The molecule has 4 aromatic carbocycles. The number of hydrogen-bond donors (Lipinski definition) is 0. The Kier molecular flexibility index (Phi) is 1.99. The van der Waals surface area contributed by atoms with E-state index in [-0.39, 0.29) is 0 Å². The van der Waals surface area contributed by atoms with E-state index in [1.165, 1.54) is 37.9 Å². The molecule has 0 nitrogen and oxygen atoms in total. The average Bonchev–Trinajstić information content (AvgIpc) is 2.44. The van der Waals surface area contributed by atoms with Crippen molar-refractivity contribution < 1.29 is 0 Å². The molecule has 4 aromatic rings. The van der Waals surface area contributed by atoms with Crippen LogP contribution in [0.15, 0.2) is 61.2 Å². The van der Waals surface area contributed by atoms with E-state index in [1.807, 2.05) is 0 Å². The van der Waals surface area contributed by atoms with E-state index in [2.05, 4.69) is 68.1 Å². The second-order valence-corrected chi connectivity index (χ2v) is 5.25. The lowest BCUT2D eigenvalue weighted by molar-refractivity contribution is 1.66. The zero-order valence-electron chi connectivity index (χ0n) is 10.9. The predicted octanol–water partition coefficient (Wildman–Crippen LogP) is 5.62. The molecule has 0 aliphatic heterocycles. The lowest BCUT2D eigenvalue weighted by Gasteiger charge is -2.13. The van der Waals surface area contributed by atoms with Gasteiger partial charge in [0.25, 0.3) is 0 Å². The highest BCUT2D eigenvalue weighted by Gasteiger charge is 2.10. The molecule has 0 bridgehead atoms. The Morgan fingerprint density at radius 3 is 2.00 bits per heavy atom. The normalized spacial score (nSPS) is 11.6. The van der Waals surface area contributed by atoms with E-state index in [0.29, 0.717) is 0 Å². The molecule has 0 fully saturated rings. The summed E-state index contributed by atoms with van der Waals surface area (Å²) in [5, 5.41) is 8.00. The lowest BCUT2D eigenvalue weighted by atomic mass is 9.90. The molecular formula is C19H14. The summed E-state index contributed by atoms with van der Waals surface area (Å²) >= 11 is 0. The maximum Gasteiger partial charge on any atom is -0.00207 e. The summed E-state index contributed by atoms with van der Waals surface area (Å²) in [6.45, 7) is 6.18. The highest BCUT2D eigenvalue weighted by Crippen LogP contribution is 2.37. The van der Waals surface area contributed by atoms with E-state index < -0.39 is 0 Å². The standard InChI is InChI=1S/C19H14/c1-12(2)16-10-8-15-7-6-13-4-3-5-14-9-11-17(16)19(15)18(13)14/h3-11H,1H2,2H3. The predicted molar refractivity (Wildman–Crippen MR) is 84.9 cm³/mol. The minimum Gasteiger partial charge on any atom is -0.0955 e. The van der Waals surface area contributed by atoms with Crippen LogP contribution < -0.4 is 0 Å². The molecule has 0 aliphatic carbocycles. The van der Waals surface area contributed by atoms with Crippen molar-refractivity contribution in [3.8, 4) is 0 Å². The van der Waals surface area contributed by atoms with E-state index >= 15 is 0 Å². The van der Waals surface area contributed by atoms with Crippen molar-refractivity contribution in [1.29, 1.82) is 0 Å². The molecule has 0 spiro atoms. The molecular weight excluding hydrogens is 228 g/mol. The molecule has 0 radical (unpaired) electrons. The highest BCUT2D eigenvalue weighted by molar-refractivity contribution is 6.24. The second-order valence-electron chi connectivity index (χ2n) is 5.25. The summed E-state index contributed by atoms with van der Waals surface area (Å²) in [5.74, 6) is 0. The van der Waals surface area contributed by atoms with Crippen LogP contribution in [-0.4, -0.2) is 0 Å². The minimum absolute atomic E-state index is 1.12. The molecule has 0 amide bonds. The second kappa shape index (κ2) is 3.58. The van der Waals surface area contributed by atoms with Crippen LogP contribution in [0.2, 0.25) is 0 Å². The van der Waals surface area contributed by atoms with Gasteiger partial charge in [0.1, 0.15) is 0 Å². The monoisotopic (exact) mass is 242 g/mol. The third kappa shape index (κ3) is 1.34. The van der Waals surface area contributed by atoms with Crippen molar-refractivity contribution >= 4 is 37.9 Å². The molecule has 0 aliphatic rings. The van der Waals surface area contributed by atoms with E-state index in [0.717, 1.165) is 5.57 Å². The Labute approximate surface area is 112 Å². The minimum atomic E-state index is 1.12. The van der Waals surface area contributed by atoms with Crippen LogP contribution in [0.5, 0.6) is 0 Å². The lowest BCUT2D eigenvalue weighted by Crippen LogP contribution is -1.87. The van der Waals surface area contributed by atoms with Gasteiger partial charge < -0.3 is 0 Å². The van der Waals surface area contributed by atoms with Crippen LogP contribution in [0.3, 0.4) is 0 Å². The van der Waals surface area contributed by atoms with Crippen LogP contribution in [0.1, 0.15) is 12.5 Å². The van der Waals surface area contributed by atoms with Gasteiger partial charge >= 0.3 is 0 Å². The van der Waals surface area contributed by atoms with Gasteiger partial charge in [0.2, 0.25) is 0 Å². The fourth-order valence-corrected chi connectivity index (χ4v) is 3.11. The molecule has 0 N–H and O–H groups in total. The zero-order chi connectivity index (χ0) is 13.0. The molecule has 0 saturated carbocycles. The number of rotatable bonds is 1. The molecule has 0 aromatic heterocycles. The van der Waals surface area contributed by atoms with Crippen molar-refractivity contribution in [3.05, 3.63) is 66.7 Å². The first kappa shape index (κ1) is 10.6. The summed E-state index contributed by atoms with van der Waals surface area (Å²) in [5.41, 5.74) is 2.38. The van der Waals surface area contributed by atoms with Gasteiger partial charge in [-0.25, -0.2) is 0 Å². The number of benzene rings is 4. The Balaban J connectivity index is 2.38. The van der Waals surface area contributed by atoms with Gasteiger partial charge in [-0.3, -0.25) is 0 Å². The highest BCUT2D eigenvalue weighted by atomic mass is 14.1. The van der Waals surface area contributed by atoms with Crippen molar-refractivity contribution in [3.63, 3.8) is 0 Å². The van der Waals surface area contributed by atoms with Gasteiger partial charge in [-0.1, -0.05) is 66.7 Å². The molecule has 0 heterocycles. The van der Waals surface area contributed by atoms with E-state index in [1.54, 1.807) is 0 Å². The Hall–Kier alpha value is -2.34. The SMILES string of the molecule is C=C(C)c1ccc2ccc3cccc4ccc1c2c34. The van der Waals surface area contributed by atoms with Gasteiger partial charge in [0.05, 0.1) is 0 Å². The van der Waals surface area contributed by atoms with Crippen molar-refractivity contribution in [2.75, 3.05) is 0 Å². The number of hydrogen-bond acceptors (Lipinski definition) is 0. The summed E-state index contributed by atoms with van der Waals surface area (Å²) in [4.78, 5) is 0. The van der Waals surface area contributed by atoms with Crippen LogP contribution in [-0.2, 0) is 0 Å². The largest absolute Gasteiger partial charge is 0.0955 e. The zero-order valence-corrected chi connectivity index (χ0v) is 10.9. The number of allylic oxidation sites excluding steroid dienone is 1. The van der Waals surface area contributed by atoms with Crippen LogP contribution in [0, 0.1) is 0 Å². The van der Waals surface area contributed by atoms with Gasteiger partial charge in [-0.05, 0) is 44.8 Å². The molecule has 0 atom stereocenters. The average molecular weight is 242 g/mol. The molecule has 19 heavy (non-hydrogen) atoms. The summed E-state index contributed by atoms with van der Waals surface area (Å²) in [7, 11) is 0. The molecule has 0 unspecified atom stereocenters. The van der Waals surface area contributed by atoms with Gasteiger partial charge in [0.15, 0.2) is 0 Å².